The van der Waals surface area contributed by atoms with Crippen LogP contribution in [0.5, 0.6) is 5.75 Å². The fraction of sp³-hybridized carbons (Fsp3) is 0.333. The van der Waals surface area contributed by atoms with Crippen LogP contribution in [0.1, 0.15) is 54.4 Å². The van der Waals surface area contributed by atoms with Crippen LogP contribution in [0.3, 0.4) is 0 Å². The van der Waals surface area contributed by atoms with Crippen LogP contribution < -0.4 is 14.4 Å². The van der Waals surface area contributed by atoms with Gasteiger partial charge in [-0.05, 0) is 67.6 Å². The number of benzene rings is 4. The summed E-state index contributed by atoms with van der Waals surface area (Å²) in [7, 11) is -2.76. The van der Waals surface area contributed by atoms with Crippen molar-refractivity contribution in [2.45, 2.75) is 75.9 Å². The maximum atomic E-state index is 14.8. The van der Waals surface area contributed by atoms with Gasteiger partial charge < -0.3 is 15.0 Å². The Hall–Kier alpha value is -4.63. The summed E-state index contributed by atoms with van der Waals surface area (Å²) in [5.41, 5.74) is 3.85. The van der Waals surface area contributed by atoms with Crippen LogP contribution >= 0.6 is 0 Å². The summed E-state index contributed by atoms with van der Waals surface area (Å²) in [6.45, 7) is 3.43. The Balaban J connectivity index is 1.59. The minimum Gasteiger partial charge on any atom is -0.495 e. The number of anilines is 1. The topological polar surface area (TPSA) is 96.0 Å². The first kappa shape index (κ1) is 34.7. The summed E-state index contributed by atoms with van der Waals surface area (Å²) < 4.78 is 35.4. The SMILES string of the molecule is COc1ccc(C)cc1N(CC(=O)N(Cc1ccc(C)cc1)[C@H](Cc1ccccc1)C(=O)NC1CCCCC1)S(=O)(=O)c1ccccc1. The van der Waals surface area contributed by atoms with E-state index in [1.807, 2.05) is 74.5 Å². The van der Waals surface area contributed by atoms with E-state index in [0.717, 1.165) is 58.7 Å². The molecule has 4 aromatic rings. The summed E-state index contributed by atoms with van der Waals surface area (Å²) >= 11 is 0. The number of carbonyl (C=O) groups is 2. The first-order valence-corrected chi connectivity index (χ1v) is 18.0. The summed E-state index contributed by atoms with van der Waals surface area (Å²) in [5, 5.41) is 3.25. The fourth-order valence-electron chi connectivity index (χ4n) is 6.22. The lowest BCUT2D eigenvalue weighted by Gasteiger charge is -2.35. The summed E-state index contributed by atoms with van der Waals surface area (Å²) in [6, 6.07) is 29.9. The quantitative estimate of drug-likeness (QED) is 0.174. The van der Waals surface area contributed by atoms with Gasteiger partial charge >= 0.3 is 0 Å². The second-order valence-corrected chi connectivity index (χ2v) is 14.4. The molecule has 0 aliphatic heterocycles. The number of aryl methyl sites for hydroxylation is 2. The van der Waals surface area contributed by atoms with E-state index in [0.29, 0.717) is 5.75 Å². The number of methoxy groups -OCH3 is 1. The highest BCUT2D eigenvalue weighted by Crippen LogP contribution is 2.34. The molecular weight excluding hydrogens is 623 g/mol. The molecule has 0 unspecified atom stereocenters. The van der Waals surface area contributed by atoms with Crippen LogP contribution in [0, 0.1) is 13.8 Å². The van der Waals surface area contributed by atoms with Gasteiger partial charge in [0, 0.05) is 19.0 Å². The van der Waals surface area contributed by atoms with Crippen molar-refractivity contribution in [1.82, 2.24) is 10.2 Å². The van der Waals surface area contributed by atoms with E-state index in [-0.39, 0.29) is 35.5 Å². The van der Waals surface area contributed by atoms with Gasteiger partial charge in [-0.15, -0.1) is 0 Å². The Labute approximate surface area is 284 Å². The van der Waals surface area contributed by atoms with Gasteiger partial charge in [0.05, 0.1) is 17.7 Å². The molecular formula is C39H45N3O5S. The first-order chi connectivity index (χ1) is 23.2. The largest absolute Gasteiger partial charge is 0.495 e. The minimum absolute atomic E-state index is 0.0346. The maximum Gasteiger partial charge on any atom is 0.264 e. The van der Waals surface area contributed by atoms with E-state index in [1.54, 1.807) is 35.2 Å². The highest BCUT2D eigenvalue weighted by Gasteiger charge is 2.36. The molecule has 1 atom stereocenters. The zero-order valence-corrected chi connectivity index (χ0v) is 28.8. The highest BCUT2D eigenvalue weighted by atomic mass is 32.2. The average molecular weight is 668 g/mol. The molecule has 1 fully saturated rings. The van der Waals surface area contributed by atoms with E-state index in [9.17, 15) is 18.0 Å². The predicted molar refractivity (Wildman–Crippen MR) is 189 cm³/mol. The van der Waals surface area contributed by atoms with Gasteiger partial charge in [-0.2, -0.15) is 0 Å². The molecule has 4 aromatic carbocycles. The Morgan fingerprint density at radius 3 is 2.08 bits per heavy atom. The standard InChI is InChI=1S/C39H45N3O5S/c1-29-19-22-32(23-20-29)27-41(36(26-31-13-7-4-8-14-31)39(44)40-33-15-9-5-10-16-33)38(43)28-42(35-25-30(2)21-24-37(35)47-3)48(45,46)34-17-11-6-12-18-34/h4,6-8,11-14,17-25,33,36H,5,9-10,15-16,26-28H2,1-3H3,(H,40,44)/t36-/m1/s1. The Kier molecular flexibility index (Phi) is 11.5. The zero-order valence-electron chi connectivity index (χ0n) is 28.0. The van der Waals surface area contributed by atoms with Crippen LogP contribution in [-0.4, -0.2) is 50.9 Å². The molecule has 8 nitrogen and oxygen atoms in total. The fourth-order valence-corrected chi connectivity index (χ4v) is 7.65. The predicted octanol–water partition coefficient (Wildman–Crippen LogP) is 6.60. The maximum absolute atomic E-state index is 14.8. The van der Waals surface area contributed by atoms with Gasteiger partial charge in [0.25, 0.3) is 10.0 Å². The minimum atomic E-state index is -4.23. The number of rotatable bonds is 13. The molecule has 1 aliphatic carbocycles. The highest BCUT2D eigenvalue weighted by molar-refractivity contribution is 7.92. The second-order valence-electron chi connectivity index (χ2n) is 12.6. The zero-order chi connectivity index (χ0) is 34.1. The average Bonchev–Trinajstić information content (AvgIpc) is 3.10. The van der Waals surface area contributed by atoms with Gasteiger partial charge in [0.15, 0.2) is 0 Å². The van der Waals surface area contributed by atoms with Crippen molar-refractivity contribution in [3.05, 3.63) is 125 Å². The summed E-state index contributed by atoms with van der Waals surface area (Å²) in [6.07, 6.45) is 5.30. The van der Waals surface area contributed by atoms with E-state index in [1.165, 1.54) is 19.2 Å². The van der Waals surface area contributed by atoms with Crippen molar-refractivity contribution >= 4 is 27.5 Å². The van der Waals surface area contributed by atoms with Gasteiger partial charge in [0.1, 0.15) is 18.3 Å². The van der Waals surface area contributed by atoms with Crippen LogP contribution in [0.25, 0.3) is 0 Å². The van der Waals surface area contributed by atoms with Crippen molar-refractivity contribution in [3.8, 4) is 5.75 Å². The molecule has 48 heavy (non-hydrogen) atoms. The third-order valence-corrected chi connectivity index (χ3v) is 10.7. The van der Waals surface area contributed by atoms with Crippen LogP contribution in [0.15, 0.2) is 108 Å². The Morgan fingerprint density at radius 1 is 0.812 bits per heavy atom. The van der Waals surface area contributed by atoms with Gasteiger partial charge in [-0.1, -0.05) is 104 Å². The number of ether oxygens (including phenoxy) is 1. The molecule has 0 radical (unpaired) electrons. The third kappa shape index (κ3) is 8.63. The normalized spacial score (nSPS) is 14.1. The van der Waals surface area contributed by atoms with Crippen molar-refractivity contribution in [1.29, 1.82) is 0 Å². The van der Waals surface area contributed by atoms with Gasteiger partial charge in [-0.25, -0.2) is 8.42 Å². The molecule has 252 valence electrons. The molecule has 0 saturated heterocycles. The number of hydrogen-bond acceptors (Lipinski definition) is 5. The van der Waals surface area contributed by atoms with Crippen molar-refractivity contribution < 1.29 is 22.7 Å². The van der Waals surface area contributed by atoms with Crippen LogP contribution in [0.2, 0.25) is 0 Å². The Bertz CT molecular complexity index is 1770. The lowest BCUT2D eigenvalue weighted by Crippen LogP contribution is -2.55. The number of carbonyl (C=O) groups excluding carboxylic acids is 2. The molecule has 1 N–H and O–H groups in total. The molecule has 1 aliphatic rings. The number of nitrogens with one attached hydrogen (secondary N) is 1. The lowest BCUT2D eigenvalue weighted by molar-refractivity contribution is -0.140. The molecule has 9 heteroatoms. The first-order valence-electron chi connectivity index (χ1n) is 16.6. The van der Waals surface area contributed by atoms with E-state index in [4.69, 9.17) is 4.74 Å². The second kappa shape index (κ2) is 16.0. The van der Waals surface area contributed by atoms with Crippen molar-refractivity contribution in [2.75, 3.05) is 18.0 Å². The number of sulfonamides is 1. The number of hydrogen-bond donors (Lipinski definition) is 1. The molecule has 0 aromatic heterocycles. The molecule has 5 rings (SSSR count). The van der Waals surface area contributed by atoms with E-state index in [2.05, 4.69) is 5.32 Å². The third-order valence-electron chi connectivity index (χ3n) is 8.91. The van der Waals surface area contributed by atoms with Crippen LogP contribution in [-0.2, 0) is 32.6 Å². The van der Waals surface area contributed by atoms with Crippen molar-refractivity contribution in [3.63, 3.8) is 0 Å². The molecule has 2 amide bonds. The van der Waals surface area contributed by atoms with Gasteiger partial charge in [0.2, 0.25) is 11.8 Å². The lowest BCUT2D eigenvalue weighted by atomic mass is 9.94. The molecule has 1 saturated carbocycles. The molecule has 0 heterocycles. The summed E-state index contributed by atoms with van der Waals surface area (Å²) in [4.78, 5) is 30.6. The monoisotopic (exact) mass is 667 g/mol. The van der Waals surface area contributed by atoms with E-state index < -0.39 is 28.5 Å². The Morgan fingerprint density at radius 2 is 1.44 bits per heavy atom. The number of nitrogens with zero attached hydrogens (tertiary/aromatic N) is 2. The van der Waals surface area contributed by atoms with Gasteiger partial charge in [-0.3, -0.25) is 13.9 Å². The smallest absolute Gasteiger partial charge is 0.264 e. The summed E-state index contributed by atoms with van der Waals surface area (Å²) in [5.74, 6) is -0.427. The number of amides is 2. The van der Waals surface area contributed by atoms with Crippen molar-refractivity contribution in [2.24, 2.45) is 0 Å². The molecule has 0 spiro atoms. The van der Waals surface area contributed by atoms with E-state index >= 15 is 0 Å². The molecule has 0 bridgehead atoms. The van der Waals surface area contributed by atoms with Crippen LogP contribution in [0.4, 0.5) is 5.69 Å².